The predicted octanol–water partition coefficient (Wildman–Crippen LogP) is 3.65. The first-order valence-electron chi connectivity index (χ1n) is 10.3. The number of aromatic nitrogens is 1. The molecule has 6 nitrogen and oxygen atoms in total. The third kappa shape index (κ3) is 5.78. The van der Waals surface area contributed by atoms with Gasteiger partial charge in [0.1, 0.15) is 5.82 Å². The van der Waals surface area contributed by atoms with Crippen LogP contribution >= 0.6 is 0 Å². The molecule has 1 aliphatic heterocycles. The fourth-order valence-corrected chi connectivity index (χ4v) is 3.53. The van der Waals surface area contributed by atoms with Crippen molar-refractivity contribution < 1.29 is 14.0 Å². The lowest BCUT2D eigenvalue weighted by molar-refractivity contribution is -0.126. The van der Waals surface area contributed by atoms with E-state index in [4.69, 9.17) is 0 Å². The molecule has 160 valence electrons. The molecule has 1 unspecified atom stereocenters. The third-order valence-corrected chi connectivity index (χ3v) is 5.11. The second kappa shape index (κ2) is 9.24. The van der Waals surface area contributed by atoms with Crippen LogP contribution in [0.25, 0.3) is 0 Å². The number of halogens is 1. The van der Waals surface area contributed by atoms with E-state index in [1.54, 1.807) is 23.2 Å². The van der Waals surface area contributed by atoms with Gasteiger partial charge < -0.3 is 15.5 Å². The van der Waals surface area contributed by atoms with Gasteiger partial charge in [0.05, 0.1) is 11.7 Å². The first-order valence-corrected chi connectivity index (χ1v) is 10.3. The highest BCUT2D eigenvalue weighted by atomic mass is 19.1. The van der Waals surface area contributed by atoms with Crippen LogP contribution in [-0.4, -0.2) is 40.5 Å². The summed E-state index contributed by atoms with van der Waals surface area (Å²) < 4.78 is 13.4. The summed E-state index contributed by atoms with van der Waals surface area (Å²) in [6.07, 6.45) is 2.87. The summed E-state index contributed by atoms with van der Waals surface area (Å²) in [5.41, 5.74) is 1.17. The van der Waals surface area contributed by atoms with E-state index in [0.717, 1.165) is 5.56 Å². The van der Waals surface area contributed by atoms with E-state index >= 15 is 0 Å². The Balaban J connectivity index is 1.65. The average molecular weight is 413 g/mol. The second-order valence-corrected chi connectivity index (χ2v) is 8.69. The van der Waals surface area contributed by atoms with E-state index in [1.807, 2.05) is 39.0 Å². The molecule has 1 aliphatic rings. The van der Waals surface area contributed by atoms with E-state index < -0.39 is 6.04 Å². The second-order valence-electron chi connectivity index (χ2n) is 8.69. The molecule has 2 heterocycles. The maximum Gasteiger partial charge on any atom is 0.317 e. The Morgan fingerprint density at radius 1 is 1.10 bits per heavy atom. The molecule has 0 bridgehead atoms. The summed E-state index contributed by atoms with van der Waals surface area (Å²) >= 11 is 0. The van der Waals surface area contributed by atoms with Gasteiger partial charge in [-0.1, -0.05) is 18.2 Å². The van der Waals surface area contributed by atoms with Crippen LogP contribution in [0.1, 0.15) is 50.9 Å². The molecule has 0 spiro atoms. The zero-order chi connectivity index (χ0) is 21.7. The van der Waals surface area contributed by atoms with Crippen LogP contribution < -0.4 is 10.6 Å². The number of hydrogen-bond acceptors (Lipinski definition) is 3. The number of rotatable bonds is 4. The zero-order valence-electron chi connectivity index (χ0n) is 17.7. The molecule has 2 N–H and O–H groups in total. The maximum absolute atomic E-state index is 13.4. The van der Waals surface area contributed by atoms with Crippen LogP contribution in [0.3, 0.4) is 0 Å². The van der Waals surface area contributed by atoms with Crippen molar-refractivity contribution in [2.45, 2.75) is 45.2 Å². The van der Waals surface area contributed by atoms with Crippen molar-refractivity contribution in [2.24, 2.45) is 5.92 Å². The lowest BCUT2D eigenvalue weighted by Crippen LogP contribution is -2.51. The highest BCUT2D eigenvalue weighted by Crippen LogP contribution is 2.24. The normalized spacial score (nSPS) is 16.1. The average Bonchev–Trinajstić information content (AvgIpc) is 2.72. The topological polar surface area (TPSA) is 74.3 Å². The van der Waals surface area contributed by atoms with Crippen LogP contribution in [0.5, 0.6) is 0 Å². The lowest BCUT2D eigenvalue weighted by Gasteiger charge is -2.34. The molecular formula is C23H29FN4O2. The molecule has 2 aromatic rings. The molecule has 0 aliphatic carbocycles. The molecule has 30 heavy (non-hydrogen) atoms. The molecule has 0 radical (unpaired) electrons. The van der Waals surface area contributed by atoms with Crippen molar-refractivity contribution in [1.29, 1.82) is 0 Å². The summed E-state index contributed by atoms with van der Waals surface area (Å²) in [5, 5.41) is 6.04. The predicted molar refractivity (Wildman–Crippen MR) is 113 cm³/mol. The number of nitrogens with zero attached hydrogens (tertiary/aromatic N) is 2. The number of amides is 3. The van der Waals surface area contributed by atoms with E-state index in [2.05, 4.69) is 15.6 Å². The van der Waals surface area contributed by atoms with Gasteiger partial charge in [0, 0.05) is 30.7 Å². The van der Waals surface area contributed by atoms with E-state index in [9.17, 15) is 14.0 Å². The van der Waals surface area contributed by atoms with Gasteiger partial charge in [-0.25, -0.2) is 9.18 Å². The number of likely N-dealkylation sites (tertiary alicyclic amines) is 1. The van der Waals surface area contributed by atoms with Gasteiger partial charge in [-0.3, -0.25) is 9.78 Å². The standard InChI is InChI=1S/C23H29FN4O2/c1-23(2,3)27-22(30)28-14-11-17(12-15-28)21(29)26-20(19-6-4-5-13-25-19)16-7-9-18(24)10-8-16/h4-10,13,17,20H,11-12,14-15H2,1-3H3,(H,26,29)(H,27,30). The molecule has 1 saturated heterocycles. The number of pyridine rings is 1. The molecule has 1 atom stereocenters. The fourth-order valence-electron chi connectivity index (χ4n) is 3.53. The zero-order valence-corrected chi connectivity index (χ0v) is 17.7. The number of hydrogen-bond donors (Lipinski definition) is 2. The van der Waals surface area contributed by atoms with E-state index in [1.165, 1.54) is 12.1 Å². The minimum Gasteiger partial charge on any atom is -0.343 e. The minimum atomic E-state index is -0.457. The molecule has 0 saturated carbocycles. The smallest absolute Gasteiger partial charge is 0.317 e. The number of carbonyl (C=O) groups excluding carboxylic acids is 2. The molecule has 3 amide bonds. The van der Waals surface area contributed by atoms with Crippen LogP contribution in [0.2, 0.25) is 0 Å². The SMILES string of the molecule is CC(C)(C)NC(=O)N1CCC(C(=O)NC(c2ccc(F)cc2)c2ccccn2)CC1. The lowest BCUT2D eigenvalue weighted by atomic mass is 9.94. The first-order chi connectivity index (χ1) is 14.2. The molecule has 1 fully saturated rings. The van der Waals surface area contributed by atoms with Crippen LogP contribution in [0, 0.1) is 11.7 Å². The van der Waals surface area contributed by atoms with E-state index in [-0.39, 0.29) is 29.2 Å². The summed E-state index contributed by atoms with van der Waals surface area (Å²) in [4.78, 5) is 31.5. The van der Waals surface area contributed by atoms with Gasteiger partial charge in [0.25, 0.3) is 0 Å². The van der Waals surface area contributed by atoms with Gasteiger partial charge in [-0.05, 0) is 63.4 Å². The highest BCUT2D eigenvalue weighted by molar-refractivity contribution is 5.80. The quantitative estimate of drug-likeness (QED) is 0.805. The largest absolute Gasteiger partial charge is 0.343 e. The molecular weight excluding hydrogens is 383 g/mol. The maximum atomic E-state index is 13.4. The Morgan fingerprint density at radius 3 is 2.33 bits per heavy atom. The van der Waals surface area contributed by atoms with Gasteiger partial charge in [0.2, 0.25) is 5.91 Å². The Hall–Kier alpha value is -2.96. The molecule has 1 aromatic heterocycles. The monoisotopic (exact) mass is 412 g/mol. The minimum absolute atomic E-state index is 0.0779. The van der Waals surface area contributed by atoms with E-state index in [0.29, 0.717) is 31.6 Å². The molecule has 3 rings (SSSR count). The number of urea groups is 1. The van der Waals surface area contributed by atoms with Gasteiger partial charge in [0.15, 0.2) is 0 Å². The van der Waals surface area contributed by atoms with Crippen LogP contribution in [0.15, 0.2) is 48.7 Å². The first kappa shape index (κ1) is 21.7. The Morgan fingerprint density at radius 2 is 1.77 bits per heavy atom. The summed E-state index contributed by atoms with van der Waals surface area (Å²) in [7, 11) is 0. The van der Waals surface area contributed by atoms with Crippen LogP contribution in [0.4, 0.5) is 9.18 Å². The number of benzene rings is 1. The fraction of sp³-hybridized carbons (Fsp3) is 0.435. The van der Waals surface area contributed by atoms with Crippen molar-refractivity contribution in [1.82, 2.24) is 20.5 Å². The summed E-state index contributed by atoms with van der Waals surface area (Å²) in [6, 6.07) is 11.0. The van der Waals surface area contributed by atoms with Gasteiger partial charge in [-0.2, -0.15) is 0 Å². The Labute approximate surface area is 176 Å². The Bertz CT molecular complexity index is 857. The number of nitrogens with one attached hydrogen (secondary N) is 2. The van der Waals surface area contributed by atoms with Crippen molar-refractivity contribution in [3.63, 3.8) is 0 Å². The highest BCUT2D eigenvalue weighted by Gasteiger charge is 2.30. The summed E-state index contributed by atoms with van der Waals surface area (Å²) in [6.45, 7) is 6.89. The third-order valence-electron chi connectivity index (χ3n) is 5.11. The van der Waals surface area contributed by atoms with Crippen molar-refractivity contribution in [3.05, 3.63) is 65.7 Å². The number of piperidine rings is 1. The van der Waals surface area contributed by atoms with Crippen molar-refractivity contribution >= 4 is 11.9 Å². The van der Waals surface area contributed by atoms with Gasteiger partial charge in [-0.15, -0.1) is 0 Å². The van der Waals surface area contributed by atoms with Gasteiger partial charge >= 0.3 is 6.03 Å². The molecule has 7 heteroatoms. The Kier molecular flexibility index (Phi) is 6.70. The summed E-state index contributed by atoms with van der Waals surface area (Å²) in [5.74, 6) is -0.591. The number of carbonyl (C=O) groups is 2. The molecule has 1 aromatic carbocycles. The van der Waals surface area contributed by atoms with Crippen molar-refractivity contribution in [3.8, 4) is 0 Å². The van der Waals surface area contributed by atoms with Crippen LogP contribution in [-0.2, 0) is 4.79 Å². The van der Waals surface area contributed by atoms with Crippen molar-refractivity contribution in [2.75, 3.05) is 13.1 Å².